The fourth-order valence-corrected chi connectivity index (χ4v) is 4.65. The van der Waals surface area contributed by atoms with Crippen molar-refractivity contribution in [2.75, 3.05) is 43.5 Å². The Labute approximate surface area is 191 Å². The van der Waals surface area contributed by atoms with Crippen LogP contribution >= 0.6 is 0 Å². The monoisotopic (exact) mass is 450 g/mol. The third-order valence-corrected chi connectivity index (χ3v) is 6.39. The zero-order valence-electron chi connectivity index (χ0n) is 18.4. The van der Waals surface area contributed by atoms with Crippen molar-refractivity contribution in [2.45, 2.75) is 25.7 Å². The van der Waals surface area contributed by atoms with Crippen LogP contribution < -0.4 is 10.6 Å². The van der Waals surface area contributed by atoms with E-state index in [-0.39, 0.29) is 23.9 Å². The Kier molecular flexibility index (Phi) is 6.11. The van der Waals surface area contributed by atoms with Crippen molar-refractivity contribution < 1.29 is 18.7 Å². The summed E-state index contributed by atoms with van der Waals surface area (Å²) in [6.45, 7) is 3.50. The van der Waals surface area contributed by atoms with Gasteiger partial charge in [0.15, 0.2) is 0 Å². The number of nitrogens with one attached hydrogen (secondary N) is 3. The maximum atomic E-state index is 14.3. The van der Waals surface area contributed by atoms with Gasteiger partial charge in [0, 0.05) is 42.8 Å². The molecule has 1 aromatic heterocycles. The number of amides is 2. The Bertz CT molecular complexity index is 1200. The first-order chi connectivity index (χ1) is 16.1. The van der Waals surface area contributed by atoms with Gasteiger partial charge < -0.3 is 20.4 Å². The van der Waals surface area contributed by atoms with Crippen molar-refractivity contribution in [3.63, 3.8) is 0 Å². The highest BCUT2D eigenvalue weighted by Crippen LogP contribution is 2.32. The Balaban J connectivity index is 1.27. The van der Waals surface area contributed by atoms with E-state index in [2.05, 4.69) is 20.5 Å². The fraction of sp³-hybridized carbons (Fsp3) is 0.360. The van der Waals surface area contributed by atoms with Gasteiger partial charge in [-0.25, -0.2) is 4.39 Å². The summed E-state index contributed by atoms with van der Waals surface area (Å²) >= 11 is 0. The Morgan fingerprint density at radius 3 is 2.79 bits per heavy atom. The zero-order valence-corrected chi connectivity index (χ0v) is 18.4. The first-order valence-corrected chi connectivity index (χ1v) is 11.4. The molecule has 33 heavy (non-hydrogen) atoms. The largest absolute Gasteiger partial charge is 0.379 e. The van der Waals surface area contributed by atoms with E-state index in [0.717, 1.165) is 43.3 Å². The molecule has 3 N–H and O–H groups in total. The molecule has 7 nitrogen and oxygen atoms in total. The number of aryl methyl sites for hydroxylation is 2. The van der Waals surface area contributed by atoms with Crippen molar-refractivity contribution >= 4 is 34.1 Å². The predicted octanol–water partition coefficient (Wildman–Crippen LogP) is 3.71. The van der Waals surface area contributed by atoms with Crippen LogP contribution in [-0.2, 0) is 22.4 Å². The van der Waals surface area contributed by atoms with E-state index < -0.39 is 5.82 Å². The number of ether oxygens (including phenoxy) is 1. The molecule has 3 aromatic rings. The number of hydrogen-bond acceptors (Lipinski definition) is 4. The molecule has 2 aromatic carbocycles. The number of hydrogen-bond donors (Lipinski definition) is 3. The van der Waals surface area contributed by atoms with Crippen LogP contribution in [-0.4, -0.2) is 54.5 Å². The maximum Gasteiger partial charge on any atom is 0.257 e. The number of fused-ring (bicyclic) bond motifs is 3. The summed E-state index contributed by atoms with van der Waals surface area (Å²) in [5.74, 6) is -1.10. The quantitative estimate of drug-likeness (QED) is 0.534. The second-order valence-corrected chi connectivity index (χ2v) is 8.56. The van der Waals surface area contributed by atoms with Crippen LogP contribution in [0.2, 0.25) is 0 Å². The van der Waals surface area contributed by atoms with Crippen LogP contribution in [0.25, 0.3) is 10.9 Å². The number of carbonyl (C=O) groups excluding carboxylic acids is 2. The first kappa shape index (κ1) is 21.6. The van der Waals surface area contributed by atoms with Crippen LogP contribution in [0.1, 0.15) is 34.5 Å². The van der Waals surface area contributed by atoms with Crippen LogP contribution in [0.4, 0.5) is 15.8 Å². The lowest BCUT2D eigenvalue weighted by molar-refractivity contribution is -0.116. The van der Waals surface area contributed by atoms with Crippen LogP contribution in [0, 0.1) is 5.82 Å². The van der Waals surface area contributed by atoms with Gasteiger partial charge in [-0.15, -0.1) is 0 Å². The molecule has 0 saturated carbocycles. The van der Waals surface area contributed by atoms with Gasteiger partial charge in [-0.3, -0.25) is 14.5 Å². The number of nitrogens with zero attached hydrogens (tertiary/aromatic N) is 1. The summed E-state index contributed by atoms with van der Waals surface area (Å²) in [6, 6.07) is 9.89. The molecule has 1 saturated heterocycles. The molecule has 1 fully saturated rings. The summed E-state index contributed by atoms with van der Waals surface area (Å²) in [5, 5.41) is 6.56. The highest BCUT2D eigenvalue weighted by atomic mass is 19.1. The van der Waals surface area contributed by atoms with Gasteiger partial charge in [0.2, 0.25) is 5.91 Å². The average molecular weight is 451 g/mol. The van der Waals surface area contributed by atoms with Gasteiger partial charge in [0.05, 0.1) is 30.0 Å². The summed E-state index contributed by atoms with van der Waals surface area (Å²) in [5.41, 5.74) is 4.34. The standard InChI is InChI=1S/C25H27FN4O3/c26-20-8-7-16(15-22(20)28-23(31)9-10-30-11-13-33-14-12-30)27-25(32)19-5-1-4-18-17-3-2-6-21(17)29-24(18)19/h1,4-5,7-8,15,29H,2-3,6,9-14H2,(H,27,32)(H,28,31). The second-order valence-electron chi connectivity index (χ2n) is 8.56. The second kappa shape index (κ2) is 9.33. The molecule has 0 radical (unpaired) electrons. The van der Waals surface area contributed by atoms with Crippen molar-refractivity contribution in [2.24, 2.45) is 0 Å². The Hall–Kier alpha value is -3.23. The Morgan fingerprint density at radius 1 is 1.09 bits per heavy atom. The van der Waals surface area contributed by atoms with Crippen LogP contribution in [0.5, 0.6) is 0 Å². The molecular formula is C25H27FN4O3. The third kappa shape index (κ3) is 4.62. The zero-order chi connectivity index (χ0) is 22.8. The molecule has 8 heteroatoms. The number of H-pyrrole nitrogens is 1. The van der Waals surface area contributed by atoms with Crippen LogP contribution in [0.15, 0.2) is 36.4 Å². The molecule has 2 amide bonds. The average Bonchev–Trinajstić information content (AvgIpc) is 3.42. The number of aromatic nitrogens is 1. The molecule has 0 bridgehead atoms. The lowest BCUT2D eigenvalue weighted by Gasteiger charge is -2.26. The molecule has 0 unspecified atom stereocenters. The van der Waals surface area contributed by atoms with E-state index in [1.807, 2.05) is 12.1 Å². The first-order valence-electron chi connectivity index (χ1n) is 11.4. The topological polar surface area (TPSA) is 86.5 Å². The minimum atomic E-state index is -0.546. The normalized spacial score (nSPS) is 16.0. The maximum absolute atomic E-state index is 14.3. The summed E-state index contributed by atoms with van der Waals surface area (Å²) in [4.78, 5) is 30.9. The highest BCUT2D eigenvalue weighted by molar-refractivity contribution is 6.13. The number of carbonyl (C=O) groups is 2. The summed E-state index contributed by atoms with van der Waals surface area (Å²) in [7, 11) is 0. The van der Waals surface area contributed by atoms with Crippen molar-refractivity contribution in [3.8, 4) is 0 Å². The number of benzene rings is 2. The van der Waals surface area contributed by atoms with Crippen molar-refractivity contribution in [1.82, 2.24) is 9.88 Å². The smallest absolute Gasteiger partial charge is 0.257 e. The molecule has 2 heterocycles. The van der Waals surface area contributed by atoms with Gasteiger partial charge in [0.1, 0.15) is 5.82 Å². The predicted molar refractivity (Wildman–Crippen MR) is 125 cm³/mol. The summed E-state index contributed by atoms with van der Waals surface area (Å²) < 4.78 is 19.6. The van der Waals surface area contributed by atoms with E-state index in [1.54, 1.807) is 6.07 Å². The number of para-hydroxylation sites is 1. The molecule has 5 rings (SSSR count). The molecule has 1 aliphatic carbocycles. The highest BCUT2D eigenvalue weighted by Gasteiger charge is 2.21. The van der Waals surface area contributed by atoms with Crippen LogP contribution in [0.3, 0.4) is 0 Å². The van der Waals surface area contributed by atoms with Gasteiger partial charge in [-0.05, 0) is 49.1 Å². The fourth-order valence-electron chi connectivity index (χ4n) is 4.65. The molecule has 0 spiro atoms. The third-order valence-electron chi connectivity index (χ3n) is 6.39. The SMILES string of the molecule is O=C(CCN1CCOCC1)Nc1cc(NC(=O)c2cccc3c4c([nH]c23)CCC4)ccc1F. The van der Waals surface area contributed by atoms with E-state index in [1.165, 1.54) is 29.5 Å². The van der Waals surface area contributed by atoms with E-state index >= 15 is 0 Å². The summed E-state index contributed by atoms with van der Waals surface area (Å²) in [6.07, 6.45) is 3.41. The number of aromatic amines is 1. The van der Waals surface area contributed by atoms with E-state index in [0.29, 0.717) is 31.0 Å². The number of rotatable bonds is 6. The number of halogens is 1. The number of anilines is 2. The Morgan fingerprint density at radius 2 is 1.94 bits per heavy atom. The van der Waals surface area contributed by atoms with Crippen molar-refractivity contribution in [3.05, 3.63) is 59.0 Å². The minimum Gasteiger partial charge on any atom is -0.379 e. The number of morpholine rings is 1. The molecule has 1 aliphatic heterocycles. The lowest BCUT2D eigenvalue weighted by atomic mass is 10.1. The van der Waals surface area contributed by atoms with Gasteiger partial charge in [-0.1, -0.05) is 12.1 Å². The van der Waals surface area contributed by atoms with Gasteiger partial charge in [-0.2, -0.15) is 0 Å². The minimum absolute atomic E-state index is 0.0526. The van der Waals surface area contributed by atoms with Crippen molar-refractivity contribution in [1.29, 1.82) is 0 Å². The van der Waals surface area contributed by atoms with E-state index in [9.17, 15) is 14.0 Å². The van der Waals surface area contributed by atoms with E-state index in [4.69, 9.17) is 4.74 Å². The molecule has 0 atom stereocenters. The van der Waals surface area contributed by atoms with Gasteiger partial charge in [0.25, 0.3) is 5.91 Å². The molecule has 2 aliphatic rings. The lowest BCUT2D eigenvalue weighted by Crippen LogP contribution is -2.38. The molecule has 172 valence electrons. The molecular weight excluding hydrogens is 423 g/mol. The van der Waals surface area contributed by atoms with Gasteiger partial charge >= 0.3 is 0 Å².